The van der Waals surface area contributed by atoms with Gasteiger partial charge in [0.05, 0.1) is 10.5 Å². The Morgan fingerprint density at radius 3 is 2.35 bits per heavy atom. The van der Waals surface area contributed by atoms with Gasteiger partial charge in [0.2, 0.25) is 0 Å². The van der Waals surface area contributed by atoms with Crippen molar-refractivity contribution in [2.45, 2.75) is 12.2 Å². The Kier molecular flexibility index (Phi) is 5.18. The Morgan fingerprint density at radius 1 is 1.41 bits per heavy atom. The van der Waals surface area contributed by atoms with Gasteiger partial charge in [-0.25, -0.2) is 0 Å². The van der Waals surface area contributed by atoms with Gasteiger partial charge in [-0.15, -0.1) is 12.4 Å². The fraction of sp³-hybridized carbons (Fsp3) is 0.250. The number of halogens is 5. The van der Waals surface area contributed by atoms with E-state index in [2.05, 4.69) is 0 Å². The largest absolute Gasteiger partial charge is 0.407 e. The standard InChI is InChI=1S/C8H6ClF3N2O2.ClH/c9-4-1-2-6(14(15)16)5(3-4)7(13)8(10,11)12;/h1-3,7H,13H2;1H/t7-;/m1./s1. The van der Waals surface area contributed by atoms with Gasteiger partial charge >= 0.3 is 6.18 Å². The Balaban J connectivity index is 0.00000256. The number of hydrogen-bond acceptors (Lipinski definition) is 3. The monoisotopic (exact) mass is 290 g/mol. The second-order valence-corrected chi connectivity index (χ2v) is 3.42. The van der Waals surface area contributed by atoms with Gasteiger partial charge in [-0.05, 0) is 12.1 Å². The molecular formula is C8H7Cl2F3N2O2. The third kappa shape index (κ3) is 3.72. The van der Waals surface area contributed by atoms with Gasteiger partial charge < -0.3 is 5.73 Å². The van der Waals surface area contributed by atoms with Crippen LogP contribution in [0.4, 0.5) is 18.9 Å². The van der Waals surface area contributed by atoms with Gasteiger partial charge in [-0.1, -0.05) is 11.6 Å². The highest BCUT2D eigenvalue weighted by atomic mass is 35.5. The molecule has 0 unspecified atom stereocenters. The summed E-state index contributed by atoms with van der Waals surface area (Å²) in [7, 11) is 0. The minimum absolute atomic E-state index is 0. The second-order valence-electron chi connectivity index (χ2n) is 2.98. The molecular weight excluding hydrogens is 284 g/mol. The van der Waals surface area contributed by atoms with Gasteiger partial charge in [0, 0.05) is 11.1 Å². The van der Waals surface area contributed by atoms with Crippen molar-refractivity contribution >= 4 is 29.7 Å². The van der Waals surface area contributed by atoms with Crippen LogP contribution in [0.15, 0.2) is 18.2 Å². The van der Waals surface area contributed by atoms with E-state index in [1.54, 1.807) is 0 Å². The van der Waals surface area contributed by atoms with E-state index in [9.17, 15) is 23.3 Å². The third-order valence-electron chi connectivity index (χ3n) is 1.87. The first-order valence-electron chi connectivity index (χ1n) is 3.99. The summed E-state index contributed by atoms with van der Waals surface area (Å²) in [5.41, 5.74) is 3.54. The Hall–Kier alpha value is -1.05. The molecule has 0 spiro atoms. The predicted molar refractivity (Wildman–Crippen MR) is 58.3 cm³/mol. The molecule has 0 aliphatic heterocycles. The molecule has 1 aromatic rings. The van der Waals surface area contributed by atoms with E-state index < -0.39 is 28.4 Å². The molecule has 0 saturated heterocycles. The minimum atomic E-state index is -4.75. The maximum Gasteiger partial charge on any atom is 0.407 e. The SMILES string of the molecule is Cl.N[C@H](c1cc(Cl)ccc1[N+](=O)[O-])C(F)(F)F. The summed E-state index contributed by atoms with van der Waals surface area (Å²) in [6, 6.07) is 0.444. The molecule has 2 N–H and O–H groups in total. The van der Waals surface area contributed by atoms with Crippen LogP contribution in [0, 0.1) is 10.1 Å². The molecule has 0 bridgehead atoms. The number of rotatable bonds is 2. The molecule has 9 heteroatoms. The summed E-state index contributed by atoms with van der Waals surface area (Å²) in [6.07, 6.45) is -4.75. The van der Waals surface area contributed by atoms with Gasteiger partial charge in [0.1, 0.15) is 6.04 Å². The number of nitrogens with zero attached hydrogens (tertiary/aromatic N) is 1. The topological polar surface area (TPSA) is 69.2 Å². The predicted octanol–water partition coefficient (Wildman–Crippen LogP) is 3.23. The van der Waals surface area contributed by atoms with E-state index in [4.69, 9.17) is 17.3 Å². The molecule has 4 nitrogen and oxygen atoms in total. The van der Waals surface area contributed by atoms with Crippen molar-refractivity contribution in [3.8, 4) is 0 Å². The lowest BCUT2D eigenvalue weighted by atomic mass is 10.1. The first-order valence-corrected chi connectivity index (χ1v) is 4.37. The average Bonchev–Trinajstić information content (AvgIpc) is 2.14. The molecule has 96 valence electrons. The number of nitro benzene ring substituents is 1. The van der Waals surface area contributed by atoms with Crippen LogP contribution in [0.3, 0.4) is 0 Å². The number of nitro groups is 1. The van der Waals surface area contributed by atoms with Crippen LogP contribution >= 0.6 is 24.0 Å². The highest BCUT2D eigenvalue weighted by Crippen LogP contribution is 2.36. The van der Waals surface area contributed by atoms with Crippen LogP contribution in [0.2, 0.25) is 5.02 Å². The lowest BCUT2D eigenvalue weighted by molar-refractivity contribution is -0.386. The zero-order chi connectivity index (χ0) is 12.5. The third-order valence-corrected chi connectivity index (χ3v) is 2.11. The Morgan fingerprint density at radius 2 is 1.94 bits per heavy atom. The first-order chi connectivity index (χ1) is 7.23. The van der Waals surface area contributed by atoms with Crippen LogP contribution in [0.25, 0.3) is 0 Å². The average molecular weight is 291 g/mol. The van der Waals surface area contributed by atoms with Crippen molar-refractivity contribution in [1.82, 2.24) is 0 Å². The van der Waals surface area contributed by atoms with E-state index >= 15 is 0 Å². The van der Waals surface area contributed by atoms with Crippen LogP contribution in [0.5, 0.6) is 0 Å². The lowest BCUT2D eigenvalue weighted by Crippen LogP contribution is -2.29. The smallest absolute Gasteiger partial charge is 0.316 e. The zero-order valence-electron chi connectivity index (χ0n) is 8.07. The molecule has 0 amide bonds. The quantitative estimate of drug-likeness (QED) is 0.671. The summed E-state index contributed by atoms with van der Waals surface area (Å²) in [5.74, 6) is 0. The first kappa shape index (κ1) is 16.0. The van der Waals surface area contributed by atoms with E-state index in [1.165, 1.54) is 0 Å². The van der Waals surface area contributed by atoms with Crippen molar-refractivity contribution in [1.29, 1.82) is 0 Å². The fourth-order valence-corrected chi connectivity index (χ4v) is 1.30. The molecule has 0 aliphatic rings. The van der Waals surface area contributed by atoms with Crippen LogP contribution in [0.1, 0.15) is 11.6 Å². The van der Waals surface area contributed by atoms with Crippen LogP contribution in [-0.4, -0.2) is 11.1 Å². The zero-order valence-corrected chi connectivity index (χ0v) is 9.64. The van der Waals surface area contributed by atoms with Gasteiger partial charge in [-0.2, -0.15) is 13.2 Å². The fourth-order valence-electron chi connectivity index (χ4n) is 1.12. The molecule has 1 aromatic carbocycles. The number of benzene rings is 1. The van der Waals surface area contributed by atoms with E-state index in [1.807, 2.05) is 0 Å². The summed E-state index contributed by atoms with van der Waals surface area (Å²) in [5, 5.41) is 10.5. The minimum Gasteiger partial charge on any atom is -0.316 e. The molecule has 0 fully saturated rings. The van der Waals surface area contributed by atoms with E-state index in [0.29, 0.717) is 0 Å². The summed E-state index contributed by atoms with van der Waals surface area (Å²) in [4.78, 5) is 9.57. The molecule has 0 heterocycles. The van der Waals surface area contributed by atoms with Gasteiger partial charge in [-0.3, -0.25) is 10.1 Å². The van der Waals surface area contributed by atoms with Crippen molar-refractivity contribution in [3.63, 3.8) is 0 Å². The van der Waals surface area contributed by atoms with Crippen molar-refractivity contribution in [3.05, 3.63) is 38.9 Å². The van der Waals surface area contributed by atoms with Crippen molar-refractivity contribution in [2.24, 2.45) is 5.73 Å². The maximum atomic E-state index is 12.3. The lowest BCUT2D eigenvalue weighted by Gasteiger charge is -2.15. The molecule has 0 radical (unpaired) electrons. The van der Waals surface area contributed by atoms with E-state index in [-0.39, 0.29) is 17.4 Å². The second kappa shape index (κ2) is 5.52. The van der Waals surface area contributed by atoms with Crippen molar-refractivity contribution in [2.75, 3.05) is 0 Å². The molecule has 1 rings (SSSR count). The van der Waals surface area contributed by atoms with Crippen molar-refractivity contribution < 1.29 is 18.1 Å². The van der Waals surface area contributed by atoms with E-state index in [0.717, 1.165) is 18.2 Å². The highest BCUT2D eigenvalue weighted by Gasteiger charge is 2.41. The summed E-state index contributed by atoms with van der Waals surface area (Å²) in [6.45, 7) is 0. The molecule has 0 aliphatic carbocycles. The number of nitrogens with two attached hydrogens (primary N) is 1. The number of hydrogen-bond donors (Lipinski definition) is 1. The molecule has 0 saturated carbocycles. The molecule has 1 atom stereocenters. The maximum absolute atomic E-state index is 12.3. The molecule has 17 heavy (non-hydrogen) atoms. The summed E-state index contributed by atoms with van der Waals surface area (Å²) < 4.78 is 37.0. The normalized spacial score (nSPS) is 12.8. The Bertz CT molecular complexity index is 426. The highest BCUT2D eigenvalue weighted by molar-refractivity contribution is 6.30. The summed E-state index contributed by atoms with van der Waals surface area (Å²) >= 11 is 5.47. The van der Waals surface area contributed by atoms with Gasteiger partial charge in [0.25, 0.3) is 5.69 Å². The number of alkyl halides is 3. The van der Waals surface area contributed by atoms with Crippen LogP contribution in [-0.2, 0) is 0 Å². The van der Waals surface area contributed by atoms with Gasteiger partial charge in [0.15, 0.2) is 0 Å². The Labute approximate surface area is 105 Å². The molecule has 0 aromatic heterocycles. The van der Waals surface area contributed by atoms with Crippen LogP contribution < -0.4 is 5.73 Å².